The number of benzene rings is 1. The van der Waals surface area contributed by atoms with Gasteiger partial charge >= 0.3 is 0 Å². The van der Waals surface area contributed by atoms with Crippen LogP contribution in [0.2, 0.25) is 0 Å². The Morgan fingerprint density at radius 2 is 2.14 bits per heavy atom. The Bertz CT molecular complexity index is 668. The largest absolute Gasteiger partial charge is 0.421 e. The molecule has 2 unspecified atom stereocenters. The summed E-state index contributed by atoms with van der Waals surface area (Å²) < 4.78 is 5.38. The van der Waals surface area contributed by atoms with E-state index in [9.17, 15) is 9.90 Å². The van der Waals surface area contributed by atoms with E-state index in [2.05, 4.69) is 15.5 Å². The van der Waals surface area contributed by atoms with Crippen molar-refractivity contribution in [3.63, 3.8) is 0 Å². The maximum absolute atomic E-state index is 12.4. The molecule has 2 N–H and O–H groups in total. The van der Waals surface area contributed by atoms with E-state index in [0.717, 1.165) is 25.7 Å². The molecule has 1 amide bonds. The Morgan fingerprint density at radius 3 is 2.86 bits per heavy atom. The first-order chi connectivity index (χ1) is 10.6. The van der Waals surface area contributed by atoms with Crippen molar-refractivity contribution < 1.29 is 14.3 Å². The fourth-order valence-corrected chi connectivity index (χ4v) is 2.74. The molecule has 2 atom stereocenters. The highest BCUT2D eigenvalue weighted by Gasteiger charge is 2.25. The van der Waals surface area contributed by atoms with Crippen molar-refractivity contribution in [2.24, 2.45) is 0 Å². The minimum absolute atomic E-state index is 0.171. The van der Waals surface area contributed by atoms with E-state index < -0.39 is 6.10 Å². The van der Waals surface area contributed by atoms with E-state index in [1.165, 1.54) is 0 Å². The van der Waals surface area contributed by atoms with E-state index in [-0.39, 0.29) is 11.9 Å². The molecule has 0 spiro atoms. The molecular formula is C16H19N3O3. The van der Waals surface area contributed by atoms with Crippen molar-refractivity contribution in [1.29, 1.82) is 0 Å². The second-order valence-electron chi connectivity index (χ2n) is 5.64. The molecule has 116 valence electrons. The fourth-order valence-electron chi connectivity index (χ4n) is 2.74. The van der Waals surface area contributed by atoms with Gasteiger partial charge in [-0.3, -0.25) is 4.79 Å². The Morgan fingerprint density at radius 1 is 1.32 bits per heavy atom. The first-order valence-corrected chi connectivity index (χ1v) is 7.53. The maximum Gasteiger partial charge on any atom is 0.251 e. The second kappa shape index (κ2) is 6.27. The summed E-state index contributed by atoms with van der Waals surface area (Å²) in [6.07, 6.45) is 3.14. The molecule has 1 fully saturated rings. The Hall–Kier alpha value is -2.21. The van der Waals surface area contributed by atoms with E-state index in [1.807, 2.05) is 6.07 Å². The topological polar surface area (TPSA) is 88.2 Å². The summed E-state index contributed by atoms with van der Waals surface area (Å²) in [7, 11) is 0. The molecule has 1 heterocycles. The van der Waals surface area contributed by atoms with Crippen LogP contribution in [-0.4, -0.2) is 33.4 Å². The van der Waals surface area contributed by atoms with Crippen LogP contribution in [0.5, 0.6) is 0 Å². The molecule has 1 aromatic carbocycles. The van der Waals surface area contributed by atoms with Crippen molar-refractivity contribution in [3.05, 3.63) is 35.7 Å². The molecule has 6 nitrogen and oxygen atoms in total. The van der Waals surface area contributed by atoms with Crippen LogP contribution < -0.4 is 5.32 Å². The normalized spacial score (nSPS) is 21.5. The highest BCUT2D eigenvalue weighted by Crippen LogP contribution is 2.21. The lowest BCUT2D eigenvalue weighted by atomic mass is 9.92. The summed E-state index contributed by atoms with van der Waals surface area (Å²) in [4.78, 5) is 12.4. The Kier molecular flexibility index (Phi) is 4.20. The molecule has 3 rings (SSSR count). The average molecular weight is 301 g/mol. The third kappa shape index (κ3) is 3.17. The van der Waals surface area contributed by atoms with Crippen LogP contribution in [0.1, 0.15) is 41.9 Å². The Labute approximate surface area is 128 Å². The Balaban J connectivity index is 1.75. The number of nitrogens with one attached hydrogen (secondary N) is 1. The molecule has 6 heteroatoms. The van der Waals surface area contributed by atoms with Gasteiger partial charge in [0.15, 0.2) is 0 Å². The predicted octanol–water partition coefficient (Wildman–Crippen LogP) is 2.08. The van der Waals surface area contributed by atoms with Crippen LogP contribution in [-0.2, 0) is 0 Å². The smallest absolute Gasteiger partial charge is 0.251 e. The number of carbonyl (C=O) groups is 1. The predicted molar refractivity (Wildman–Crippen MR) is 80.2 cm³/mol. The summed E-state index contributed by atoms with van der Waals surface area (Å²) >= 11 is 0. The van der Waals surface area contributed by atoms with Gasteiger partial charge in [0.25, 0.3) is 5.91 Å². The van der Waals surface area contributed by atoms with Crippen LogP contribution in [0, 0.1) is 6.92 Å². The lowest BCUT2D eigenvalue weighted by Gasteiger charge is -2.28. The number of aliphatic hydroxyl groups is 1. The zero-order chi connectivity index (χ0) is 15.5. The van der Waals surface area contributed by atoms with Gasteiger partial charge in [0, 0.05) is 18.1 Å². The summed E-state index contributed by atoms with van der Waals surface area (Å²) in [5, 5.41) is 20.6. The van der Waals surface area contributed by atoms with Crippen LogP contribution in [0.25, 0.3) is 11.5 Å². The number of hydrogen-bond donors (Lipinski definition) is 2. The first kappa shape index (κ1) is 14.7. The minimum atomic E-state index is -0.459. The standard InChI is InChI=1S/C16H19N3O3/c1-10-18-19-16(22-10)12-6-4-5-11(9-12)15(21)17-13-7-2-3-8-14(13)20/h4-6,9,13-14,20H,2-3,7-8H2,1H3,(H,17,21). The minimum Gasteiger partial charge on any atom is -0.421 e. The lowest BCUT2D eigenvalue weighted by molar-refractivity contribution is 0.0717. The van der Waals surface area contributed by atoms with Crippen LogP contribution >= 0.6 is 0 Å². The number of carbonyl (C=O) groups excluding carboxylic acids is 1. The molecule has 1 aliphatic rings. The summed E-state index contributed by atoms with van der Waals surface area (Å²) in [5.74, 6) is 0.684. The second-order valence-corrected chi connectivity index (χ2v) is 5.64. The summed E-state index contributed by atoms with van der Waals surface area (Å²) in [5.41, 5.74) is 1.23. The average Bonchev–Trinajstić information content (AvgIpc) is 2.96. The maximum atomic E-state index is 12.4. The van der Waals surface area contributed by atoms with Gasteiger partial charge in [-0.2, -0.15) is 0 Å². The molecule has 2 aromatic rings. The van der Waals surface area contributed by atoms with Gasteiger partial charge in [0.1, 0.15) is 0 Å². The zero-order valence-corrected chi connectivity index (χ0v) is 12.5. The van der Waals surface area contributed by atoms with E-state index in [1.54, 1.807) is 25.1 Å². The van der Waals surface area contributed by atoms with Crippen molar-refractivity contribution in [2.75, 3.05) is 0 Å². The summed E-state index contributed by atoms with van der Waals surface area (Å²) in [6, 6.07) is 6.88. The van der Waals surface area contributed by atoms with Gasteiger partial charge in [0.05, 0.1) is 12.1 Å². The summed E-state index contributed by atoms with van der Waals surface area (Å²) in [6.45, 7) is 1.72. The quantitative estimate of drug-likeness (QED) is 0.906. The molecule has 1 saturated carbocycles. The van der Waals surface area contributed by atoms with Gasteiger partial charge in [0.2, 0.25) is 11.8 Å². The third-order valence-corrected chi connectivity index (χ3v) is 3.94. The highest BCUT2D eigenvalue weighted by atomic mass is 16.4. The molecule has 1 aromatic heterocycles. The zero-order valence-electron chi connectivity index (χ0n) is 12.5. The number of amides is 1. The molecule has 0 radical (unpaired) electrons. The van der Waals surface area contributed by atoms with Crippen molar-refractivity contribution in [1.82, 2.24) is 15.5 Å². The van der Waals surface area contributed by atoms with Crippen LogP contribution in [0.3, 0.4) is 0 Å². The molecule has 0 aliphatic heterocycles. The number of rotatable bonds is 3. The van der Waals surface area contributed by atoms with Gasteiger partial charge in [-0.25, -0.2) is 0 Å². The monoisotopic (exact) mass is 301 g/mol. The van der Waals surface area contributed by atoms with E-state index >= 15 is 0 Å². The number of aliphatic hydroxyl groups excluding tert-OH is 1. The van der Waals surface area contributed by atoms with E-state index in [4.69, 9.17) is 4.42 Å². The van der Waals surface area contributed by atoms with E-state index in [0.29, 0.717) is 22.9 Å². The molecule has 1 aliphatic carbocycles. The van der Waals surface area contributed by atoms with Gasteiger partial charge in [-0.15, -0.1) is 10.2 Å². The number of aryl methyl sites for hydroxylation is 1. The molecule has 0 saturated heterocycles. The molecule has 0 bridgehead atoms. The third-order valence-electron chi connectivity index (χ3n) is 3.94. The fraction of sp³-hybridized carbons (Fsp3) is 0.438. The van der Waals surface area contributed by atoms with Gasteiger partial charge in [-0.05, 0) is 31.0 Å². The van der Waals surface area contributed by atoms with Gasteiger partial charge < -0.3 is 14.8 Å². The van der Waals surface area contributed by atoms with Gasteiger partial charge in [-0.1, -0.05) is 18.9 Å². The van der Waals surface area contributed by atoms with Crippen molar-refractivity contribution >= 4 is 5.91 Å². The van der Waals surface area contributed by atoms with Crippen LogP contribution in [0.4, 0.5) is 0 Å². The highest BCUT2D eigenvalue weighted by molar-refractivity contribution is 5.95. The number of nitrogens with zero attached hydrogens (tertiary/aromatic N) is 2. The van der Waals surface area contributed by atoms with Crippen molar-refractivity contribution in [3.8, 4) is 11.5 Å². The number of aromatic nitrogens is 2. The number of hydrogen-bond acceptors (Lipinski definition) is 5. The SMILES string of the molecule is Cc1nnc(-c2cccc(C(=O)NC3CCCCC3O)c2)o1. The molecular weight excluding hydrogens is 282 g/mol. The van der Waals surface area contributed by atoms with Crippen molar-refractivity contribution in [2.45, 2.75) is 44.8 Å². The van der Waals surface area contributed by atoms with Crippen LogP contribution in [0.15, 0.2) is 28.7 Å². The first-order valence-electron chi connectivity index (χ1n) is 7.53. The molecule has 22 heavy (non-hydrogen) atoms. The lowest BCUT2D eigenvalue weighted by Crippen LogP contribution is -2.45.